The van der Waals surface area contributed by atoms with Crippen LogP contribution in [0.5, 0.6) is 5.75 Å². The van der Waals surface area contributed by atoms with Crippen molar-refractivity contribution < 1.29 is 14.6 Å². The molecule has 5 nitrogen and oxygen atoms in total. The molecule has 1 atom stereocenters. The fourth-order valence-electron chi connectivity index (χ4n) is 2.70. The summed E-state index contributed by atoms with van der Waals surface area (Å²) in [5.41, 5.74) is 2.20. The lowest BCUT2D eigenvalue weighted by Gasteiger charge is -2.30. The molecule has 2 N–H and O–H groups in total. The number of benzene rings is 2. The molecule has 0 aliphatic carbocycles. The standard InChI is InChI=1S/C19H20N2O3/c1-12-10-17(24-4)13(2)9-16(12)19(3,18(22)23)21-15-7-5-14(11-20)6-8-15/h5-10,21H,1-4H3,(H,22,23). The molecule has 0 amide bonds. The van der Waals surface area contributed by atoms with Crippen molar-refractivity contribution in [1.82, 2.24) is 0 Å². The summed E-state index contributed by atoms with van der Waals surface area (Å²) in [6.45, 7) is 5.37. The molecule has 0 aromatic heterocycles. The van der Waals surface area contributed by atoms with Gasteiger partial charge in [-0.05, 0) is 73.9 Å². The highest BCUT2D eigenvalue weighted by molar-refractivity contribution is 5.85. The topological polar surface area (TPSA) is 82.3 Å². The van der Waals surface area contributed by atoms with Crippen LogP contribution in [0.15, 0.2) is 36.4 Å². The molecule has 2 aromatic carbocycles. The minimum atomic E-state index is -1.31. The number of nitrogens with one attached hydrogen (secondary N) is 1. The summed E-state index contributed by atoms with van der Waals surface area (Å²) in [5.74, 6) is -0.262. The van der Waals surface area contributed by atoms with Crippen molar-refractivity contribution >= 4 is 11.7 Å². The third-order valence-electron chi connectivity index (χ3n) is 4.12. The molecule has 1 unspecified atom stereocenters. The summed E-state index contributed by atoms with van der Waals surface area (Å²) in [6, 6.07) is 12.4. The zero-order valence-corrected chi connectivity index (χ0v) is 14.2. The van der Waals surface area contributed by atoms with E-state index in [9.17, 15) is 9.90 Å². The van der Waals surface area contributed by atoms with Crippen LogP contribution in [-0.2, 0) is 10.3 Å². The van der Waals surface area contributed by atoms with Crippen molar-refractivity contribution in [1.29, 1.82) is 5.26 Å². The first-order chi connectivity index (χ1) is 11.3. The van der Waals surface area contributed by atoms with E-state index in [4.69, 9.17) is 10.00 Å². The van der Waals surface area contributed by atoms with Gasteiger partial charge in [-0.2, -0.15) is 5.26 Å². The van der Waals surface area contributed by atoms with E-state index in [0.717, 1.165) is 16.9 Å². The van der Waals surface area contributed by atoms with Crippen molar-refractivity contribution in [2.75, 3.05) is 12.4 Å². The van der Waals surface area contributed by atoms with Crippen LogP contribution in [0.4, 0.5) is 5.69 Å². The Hall–Kier alpha value is -3.00. The number of carboxylic acid groups (broad SMARTS) is 1. The summed E-state index contributed by atoms with van der Waals surface area (Å²) in [5, 5.41) is 21.8. The smallest absolute Gasteiger partial charge is 0.333 e. The predicted octanol–water partition coefficient (Wildman–Crippen LogP) is 3.60. The van der Waals surface area contributed by atoms with Crippen molar-refractivity contribution in [2.24, 2.45) is 0 Å². The Kier molecular flexibility index (Phi) is 4.79. The maximum absolute atomic E-state index is 12.0. The average Bonchev–Trinajstić information content (AvgIpc) is 2.56. The predicted molar refractivity (Wildman–Crippen MR) is 92.2 cm³/mol. The minimum Gasteiger partial charge on any atom is -0.496 e. The lowest BCUT2D eigenvalue weighted by molar-refractivity contribution is -0.142. The molecule has 124 valence electrons. The van der Waals surface area contributed by atoms with Crippen molar-refractivity contribution in [2.45, 2.75) is 26.3 Å². The minimum absolute atomic E-state index is 0.522. The molecule has 2 aromatic rings. The van der Waals surface area contributed by atoms with Gasteiger partial charge < -0.3 is 15.2 Å². The number of anilines is 1. The number of carboxylic acids is 1. The van der Waals surface area contributed by atoms with Gasteiger partial charge in [0.25, 0.3) is 0 Å². The molecule has 0 aliphatic heterocycles. The van der Waals surface area contributed by atoms with Crippen molar-refractivity contribution in [3.8, 4) is 11.8 Å². The third-order valence-corrected chi connectivity index (χ3v) is 4.12. The fraction of sp³-hybridized carbons (Fsp3) is 0.263. The Morgan fingerprint density at radius 2 is 1.83 bits per heavy atom. The average molecular weight is 324 g/mol. The van der Waals surface area contributed by atoms with Gasteiger partial charge in [0.15, 0.2) is 5.54 Å². The quantitative estimate of drug-likeness (QED) is 0.878. The number of rotatable bonds is 5. The molecular formula is C19H20N2O3. The second-order valence-corrected chi connectivity index (χ2v) is 5.88. The first-order valence-electron chi connectivity index (χ1n) is 7.49. The summed E-state index contributed by atoms with van der Waals surface area (Å²) in [4.78, 5) is 12.0. The molecule has 0 saturated carbocycles. The van der Waals surface area contributed by atoms with E-state index in [2.05, 4.69) is 5.32 Å². The van der Waals surface area contributed by atoms with Crippen LogP contribution in [0.25, 0.3) is 0 Å². The summed E-state index contributed by atoms with van der Waals surface area (Å²) in [6.07, 6.45) is 0. The van der Waals surface area contributed by atoms with E-state index >= 15 is 0 Å². The number of methoxy groups -OCH3 is 1. The fourth-order valence-corrected chi connectivity index (χ4v) is 2.70. The highest BCUT2D eigenvalue weighted by atomic mass is 16.5. The molecule has 5 heteroatoms. The molecule has 0 heterocycles. The molecule has 0 aliphatic rings. The van der Waals surface area contributed by atoms with Gasteiger partial charge in [0.05, 0.1) is 18.7 Å². The molecule has 24 heavy (non-hydrogen) atoms. The summed E-state index contributed by atoms with van der Waals surface area (Å²) in [7, 11) is 1.59. The van der Waals surface area contributed by atoms with Crippen LogP contribution >= 0.6 is 0 Å². The number of aryl methyl sites for hydroxylation is 2. The number of aliphatic carboxylic acids is 1. The van der Waals surface area contributed by atoms with E-state index in [1.165, 1.54) is 0 Å². The third kappa shape index (κ3) is 3.18. The molecule has 0 bridgehead atoms. The van der Waals surface area contributed by atoms with Gasteiger partial charge in [-0.15, -0.1) is 0 Å². The molecular weight excluding hydrogens is 304 g/mol. The van der Waals surface area contributed by atoms with E-state index in [0.29, 0.717) is 16.8 Å². The van der Waals surface area contributed by atoms with Crippen LogP contribution in [0.3, 0.4) is 0 Å². The van der Waals surface area contributed by atoms with Crippen LogP contribution < -0.4 is 10.1 Å². The number of nitrogens with zero attached hydrogens (tertiary/aromatic N) is 1. The Labute approximate surface area is 141 Å². The normalized spacial score (nSPS) is 12.8. The van der Waals surface area contributed by atoms with E-state index in [-0.39, 0.29) is 0 Å². The van der Waals surface area contributed by atoms with Gasteiger partial charge in [0, 0.05) is 5.69 Å². The maximum atomic E-state index is 12.0. The van der Waals surface area contributed by atoms with Crippen LogP contribution in [-0.4, -0.2) is 18.2 Å². The van der Waals surface area contributed by atoms with Gasteiger partial charge in [-0.3, -0.25) is 0 Å². The maximum Gasteiger partial charge on any atom is 0.333 e. The van der Waals surface area contributed by atoms with Crippen LogP contribution in [0.2, 0.25) is 0 Å². The Balaban J connectivity index is 2.49. The van der Waals surface area contributed by atoms with Gasteiger partial charge in [0.2, 0.25) is 0 Å². The van der Waals surface area contributed by atoms with Crippen molar-refractivity contribution in [3.63, 3.8) is 0 Å². The zero-order valence-electron chi connectivity index (χ0n) is 14.2. The monoisotopic (exact) mass is 324 g/mol. The van der Waals surface area contributed by atoms with Crippen LogP contribution in [0.1, 0.15) is 29.2 Å². The SMILES string of the molecule is COc1cc(C)c(C(C)(Nc2ccc(C#N)cc2)C(=O)O)cc1C. The van der Waals surface area contributed by atoms with Crippen molar-refractivity contribution in [3.05, 3.63) is 58.7 Å². The van der Waals surface area contributed by atoms with Gasteiger partial charge in [0.1, 0.15) is 5.75 Å². The van der Waals surface area contributed by atoms with Gasteiger partial charge in [-0.1, -0.05) is 0 Å². The lowest BCUT2D eigenvalue weighted by Crippen LogP contribution is -2.41. The molecule has 0 saturated heterocycles. The Morgan fingerprint density at radius 3 is 2.33 bits per heavy atom. The second kappa shape index (κ2) is 6.63. The highest BCUT2D eigenvalue weighted by Gasteiger charge is 2.37. The molecule has 0 radical (unpaired) electrons. The highest BCUT2D eigenvalue weighted by Crippen LogP contribution is 2.33. The molecule has 0 spiro atoms. The first kappa shape index (κ1) is 17.4. The van der Waals surface area contributed by atoms with E-state index in [1.54, 1.807) is 38.3 Å². The van der Waals surface area contributed by atoms with E-state index < -0.39 is 11.5 Å². The van der Waals surface area contributed by atoms with E-state index in [1.807, 2.05) is 32.0 Å². The largest absolute Gasteiger partial charge is 0.496 e. The lowest BCUT2D eigenvalue weighted by atomic mass is 9.86. The second-order valence-electron chi connectivity index (χ2n) is 5.88. The van der Waals surface area contributed by atoms with Gasteiger partial charge in [-0.25, -0.2) is 4.79 Å². The first-order valence-corrected chi connectivity index (χ1v) is 7.49. The van der Waals surface area contributed by atoms with Gasteiger partial charge >= 0.3 is 5.97 Å². The number of nitriles is 1. The summed E-state index contributed by atoms with van der Waals surface area (Å²) < 4.78 is 5.30. The Morgan fingerprint density at radius 1 is 1.21 bits per heavy atom. The number of hydrogen-bond donors (Lipinski definition) is 2. The summed E-state index contributed by atoms with van der Waals surface area (Å²) >= 11 is 0. The number of hydrogen-bond acceptors (Lipinski definition) is 4. The number of carbonyl (C=O) groups is 1. The molecule has 2 rings (SSSR count). The van der Waals surface area contributed by atoms with Crippen LogP contribution in [0, 0.1) is 25.2 Å². The molecule has 0 fully saturated rings. The Bertz CT molecular complexity index is 807. The number of ether oxygens (including phenoxy) is 1. The zero-order chi connectivity index (χ0) is 17.9.